The number of benzene rings is 1. The third-order valence-corrected chi connectivity index (χ3v) is 2.66. The van der Waals surface area contributed by atoms with Crippen LogP contribution in [-0.4, -0.2) is 16.8 Å². The molecule has 1 aromatic rings. The molecule has 0 aliphatic carbocycles. The lowest BCUT2D eigenvalue weighted by Crippen LogP contribution is -2.09. The Morgan fingerprint density at radius 2 is 2.07 bits per heavy atom. The van der Waals surface area contributed by atoms with Crippen LogP contribution >= 0.6 is 15.9 Å². The van der Waals surface area contributed by atoms with Crippen LogP contribution in [0.2, 0.25) is 0 Å². The molecule has 0 heterocycles. The van der Waals surface area contributed by atoms with Crippen molar-refractivity contribution in [1.29, 1.82) is 0 Å². The van der Waals surface area contributed by atoms with E-state index in [1.165, 1.54) is 6.07 Å². The Hall–Kier alpha value is -0.810. The SMILES string of the molecule is CC(CN)c1cc(Br)c(F)c(O)c1O. The molecule has 4 N–H and O–H groups in total. The molecule has 0 fully saturated rings. The van der Waals surface area contributed by atoms with E-state index < -0.39 is 17.3 Å². The molecule has 0 saturated carbocycles. The molecular formula is C9H11BrFNO2. The highest BCUT2D eigenvalue weighted by Crippen LogP contribution is 2.39. The van der Waals surface area contributed by atoms with Gasteiger partial charge in [0.05, 0.1) is 4.47 Å². The molecule has 0 spiro atoms. The Morgan fingerprint density at radius 3 is 2.57 bits per heavy atom. The van der Waals surface area contributed by atoms with Crippen LogP contribution in [-0.2, 0) is 0 Å². The Kier molecular flexibility index (Phi) is 3.34. The highest BCUT2D eigenvalue weighted by atomic mass is 79.9. The van der Waals surface area contributed by atoms with Crippen molar-refractivity contribution in [3.8, 4) is 11.5 Å². The molecule has 0 bridgehead atoms. The second-order valence-electron chi connectivity index (χ2n) is 3.10. The summed E-state index contributed by atoms with van der Waals surface area (Å²) in [5.41, 5.74) is 5.84. The van der Waals surface area contributed by atoms with E-state index in [-0.39, 0.29) is 10.4 Å². The van der Waals surface area contributed by atoms with Gasteiger partial charge in [0.1, 0.15) is 0 Å². The molecule has 1 aromatic carbocycles. The predicted molar refractivity (Wildman–Crippen MR) is 54.9 cm³/mol. The van der Waals surface area contributed by atoms with Crippen molar-refractivity contribution in [2.24, 2.45) is 5.73 Å². The minimum Gasteiger partial charge on any atom is -0.504 e. The summed E-state index contributed by atoms with van der Waals surface area (Å²) >= 11 is 2.94. The fourth-order valence-electron chi connectivity index (χ4n) is 1.12. The van der Waals surface area contributed by atoms with Gasteiger partial charge in [0.25, 0.3) is 0 Å². The largest absolute Gasteiger partial charge is 0.504 e. The number of aromatic hydroxyl groups is 2. The Labute approximate surface area is 89.5 Å². The van der Waals surface area contributed by atoms with Crippen LogP contribution in [0.4, 0.5) is 4.39 Å². The number of phenolic OH excluding ortho intramolecular Hbond substituents is 2. The minimum absolute atomic E-state index is 0.114. The van der Waals surface area contributed by atoms with E-state index in [0.717, 1.165) is 0 Å². The van der Waals surface area contributed by atoms with E-state index in [1.807, 2.05) is 0 Å². The first-order valence-electron chi connectivity index (χ1n) is 4.09. The molecule has 0 aliphatic heterocycles. The summed E-state index contributed by atoms with van der Waals surface area (Å²) in [5, 5.41) is 18.7. The molecule has 78 valence electrons. The molecule has 5 heteroatoms. The van der Waals surface area contributed by atoms with Crippen molar-refractivity contribution >= 4 is 15.9 Å². The van der Waals surface area contributed by atoms with Crippen molar-refractivity contribution in [2.45, 2.75) is 12.8 Å². The van der Waals surface area contributed by atoms with Gasteiger partial charge in [-0.2, -0.15) is 0 Å². The number of nitrogens with two attached hydrogens (primary N) is 1. The summed E-state index contributed by atoms with van der Waals surface area (Å²) in [6.07, 6.45) is 0. The van der Waals surface area contributed by atoms with Crippen molar-refractivity contribution in [2.75, 3.05) is 6.54 Å². The van der Waals surface area contributed by atoms with Crippen LogP contribution in [0.3, 0.4) is 0 Å². The number of phenols is 2. The van der Waals surface area contributed by atoms with Gasteiger partial charge in [-0.05, 0) is 34.5 Å². The summed E-state index contributed by atoms with van der Waals surface area (Å²) in [6.45, 7) is 2.09. The topological polar surface area (TPSA) is 66.5 Å². The highest BCUT2D eigenvalue weighted by Gasteiger charge is 2.18. The third-order valence-electron chi connectivity index (χ3n) is 2.08. The molecule has 0 radical (unpaired) electrons. The van der Waals surface area contributed by atoms with Gasteiger partial charge in [-0.1, -0.05) is 6.92 Å². The fourth-order valence-corrected chi connectivity index (χ4v) is 1.56. The van der Waals surface area contributed by atoms with Crippen LogP contribution < -0.4 is 5.73 Å². The van der Waals surface area contributed by atoms with Crippen LogP contribution in [0.15, 0.2) is 10.5 Å². The maximum absolute atomic E-state index is 13.1. The Bertz CT molecular complexity index is 357. The van der Waals surface area contributed by atoms with Gasteiger partial charge in [0.2, 0.25) is 0 Å². The van der Waals surface area contributed by atoms with E-state index >= 15 is 0 Å². The fraction of sp³-hybridized carbons (Fsp3) is 0.333. The monoisotopic (exact) mass is 263 g/mol. The van der Waals surface area contributed by atoms with E-state index in [2.05, 4.69) is 15.9 Å². The van der Waals surface area contributed by atoms with Crippen LogP contribution in [0.25, 0.3) is 0 Å². The smallest absolute Gasteiger partial charge is 0.195 e. The molecule has 1 unspecified atom stereocenters. The molecule has 0 amide bonds. The van der Waals surface area contributed by atoms with Crippen LogP contribution in [0.5, 0.6) is 11.5 Å². The number of hydrogen-bond acceptors (Lipinski definition) is 3. The van der Waals surface area contributed by atoms with E-state index in [9.17, 15) is 14.6 Å². The van der Waals surface area contributed by atoms with E-state index in [0.29, 0.717) is 12.1 Å². The van der Waals surface area contributed by atoms with Gasteiger partial charge in [0, 0.05) is 5.56 Å². The average molecular weight is 264 g/mol. The van der Waals surface area contributed by atoms with Gasteiger partial charge in [-0.15, -0.1) is 0 Å². The van der Waals surface area contributed by atoms with E-state index in [1.54, 1.807) is 6.92 Å². The third kappa shape index (κ3) is 1.83. The zero-order valence-corrected chi connectivity index (χ0v) is 9.18. The molecule has 14 heavy (non-hydrogen) atoms. The van der Waals surface area contributed by atoms with Crippen molar-refractivity contribution in [1.82, 2.24) is 0 Å². The maximum Gasteiger partial charge on any atom is 0.195 e. The average Bonchev–Trinajstić information content (AvgIpc) is 2.19. The van der Waals surface area contributed by atoms with Crippen molar-refractivity contribution in [3.63, 3.8) is 0 Å². The number of rotatable bonds is 2. The standard InChI is InChI=1S/C9H11BrFNO2/c1-4(3-12)5-2-6(10)7(11)9(14)8(5)13/h2,4,13-14H,3,12H2,1H3. The zero-order chi connectivity index (χ0) is 10.9. The summed E-state index contributed by atoms with van der Waals surface area (Å²) in [7, 11) is 0. The summed E-state index contributed by atoms with van der Waals surface area (Å²) in [6, 6.07) is 1.42. The lowest BCUT2D eigenvalue weighted by Gasteiger charge is -2.13. The number of hydrogen-bond donors (Lipinski definition) is 3. The Morgan fingerprint density at radius 1 is 1.50 bits per heavy atom. The summed E-state index contributed by atoms with van der Waals surface area (Å²) in [4.78, 5) is 0. The molecular weight excluding hydrogens is 253 g/mol. The Balaban J connectivity index is 3.33. The molecule has 1 rings (SSSR count). The second kappa shape index (κ2) is 4.14. The molecule has 1 atom stereocenters. The first kappa shape index (κ1) is 11.3. The first-order chi connectivity index (χ1) is 6.49. The molecule has 0 saturated heterocycles. The van der Waals surface area contributed by atoms with Gasteiger partial charge >= 0.3 is 0 Å². The normalized spacial score (nSPS) is 12.9. The van der Waals surface area contributed by atoms with Gasteiger partial charge in [-0.3, -0.25) is 0 Å². The first-order valence-corrected chi connectivity index (χ1v) is 4.88. The van der Waals surface area contributed by atoms with Gasteiger partial charge in [-0.25, -0.2) is 4.39 Å². The van der Waals surface area contributed by atoms with Gasteiger partial charge < -0.3 is 15.9 Å². The van der Waals surface area contributed by atoms with E-state index in [4.69, 9.17) is 5.73 Å². The minimum atomic E-state index is -0.865. The lowest BCUT2D eigenvalue weighted by molar-refractivity contribution is 0.372. The lowest BCUT2D eigenvalue weighted by atomic mass is 10.00. The second-order valence-corrected chi connectivity index (χ2v) is 3.95. The zero-order valence-electron chi connectivity index (χ0n) is 7.59. The molecule has 0 aromatic heterocycles. The summed E-state index contributed by atoms with van der Waals surface area (Å²) < 4.78 is 13.2. The summed E-state index contributed by atoms with van der Waals surface area (Å²) in [5.74, 6) is -2.19. The molecule has 3 nitrogen and oxygen atoms in total. The van der Waals surface area contributed by atoms with Crippen molar-refractivity contribution < 1.29 is 14.6 Å². The van der Waals surface area contributed by atoms with Crippen molar-refractivity contribution in [3.05, 3.63) is 21.9 Å². The highest BCUT2D eigenvalue weighted by molar-refractivity contribution is 9.10. The maximum atomic E-state index is 13.1. The molecule has 0 aliphatic rings. The van der Waals surface area contributed by atoms with Crippen LogP contribution in [0.1, 0.15) is 18.4 Å². The van der Waals surface area contributed by atoms with Crippen LogP contribution in [0, 0.1) is 5.82 Å². The quantitative estimate of drug-likeness (QED) is 0.716. The number of halogens is 2. The van der Waals surface area contributed by atoms with Gasteiger partial charge in [0.15, 0.2) is 17.3 Å². The predicted octanol–water partition coefficient (Wildman–Crippen LogP) is 2.06.